The van der Waals surface area contributed by atoms with Crippen molar-refractivity contribution in [2.75, 3.05) is 7.11 Å². The third-order valence-corrected chi connectivity index (χ3v) is 5.72. The maximum absolute atomic E-state index is 5.51. The van der Waals surface area contributed by atoms with E-state index in [0.29, 0.717) is 4.83 Å². The van der Waals surface area contributed by atoms with Crippen molar-refractivity contribution in [1.29, 1.82) is 0 Å². The number of alkyl halides is 1. The van der Waals surface area contributed by atoms with Crippen molar-refractivity contribution in [3.8, 4) is 5.75 Å². The van der Waals surface area contributed by atoms with Crippen LogP contribution in [0.25, 0.3) is 0 Å². The van der Waals surface area contributed by atoms with E-state index in [0.717, 1.165) is 16.1 Å². The lowest BCUT2D eigenvalue weighted by molar-refractivity contribution is 0.403. The molecule has 17 heavy (non-hydrogen) atoms. The van der Waals surface area contributed by atoms with Gasteiger partial charge in [-0.05, 0) is 43.4 Å². The Labute approximate surface area is 120 Å². The van der Waals surface area contributed by atoms with Crippen molar-refractivity contribution in [3.63, 3.8) is 0 Å². The number of ether oxygens (including phenoxy) is 1. The lowest BCUT2D eigenvalue weighted by atomic mass is 9.96. The third-order valence-electron chi connectivity index (χ3n) is 3.62. The van der Waals surface area contributed by atoms with Crippen LogP contribution in [0.15, 0.2) is 16.6 Å². The first-order chi connectivity index (χ1) is 8.13. The van der Waals surface area contributed by atoms with Crippen LogP contribution in [-0.2, 0) is 0 Å². The lowest BCUT2D eigenvalue weighted by Gasteiger charge is -2.21. The van der Waals surface area contributed by atoms with Crippen molar-refractivity contribution in [1.82, 2.24) is 0 Å². The van der Waals surface area contributed by atoms with Crippen LogP contribution in [0.4, 0.5) is 0 Å². The number of rotatable bonds is 3. The molecular weight excluding hydrogens is 344 g/mol. The van der Waals surface area contributed by atoms with Crippen LogP contribution in [0.5, 0.6) is 5.75 Å². The minimum atomic E-state index is 0.414. The van der Waals surface area contributed by atoms with Crippen LogP contribution < -0.4 is 4.74 Å². The molecule has 0 saturated heterocycles. The zero-order chi connectivity index (χ0) is 12.4. The van der Waals surface area contributed by atoms with Gasteiger partial charge >= 0.3 is 0 Å². The molecule has 1 nitrogen and oxygen atoms in total. The zero-order valence-electron chi connectivity index (χ0n) is 10.3. The number of hydrogen-bond donors (Lipinski definition) is 0. The van der Waals surface area contributed by atoms with Crippen molar-refractivity contribution < 1.29 is 4.74 Å². The van der Waals surface area contributed by atoms with E-state index in [4.69, 9.17) is 4.74 Å². The predicted molar refractivity (Wildman–Crippen MR) is 79.1 cm³/mol. The second-order valence-corrected chi connectivity index (χ2v) is 6.63. The van der Waals surface area contributed by atoms with E-state index in [1.165, 1.54) is 36.8 Å². The Morgan fingerprint density at radius 2 is 1.94 bits per heavy atom. The molecular formula is C14H18Br2O. The van der Waals surface area contributed by atoms with E-state index in [1.807, 2.05) is 0 Å². The van der Waals surface area contributed by atoms with Crippen LogP contribution in [0.2, 0.25) is 0 Å². The molecule has 0 aliphatic heterocycles. The molecule has 0 bridgehead atoms. The largest absolute Gasteiger partial charge is 0.496 e. The van der Waals surface area contributed by atoms with Crippen molar-refractivity contribution in [2.24, 2.45) is 5.92 Å². The molecule has 0 radical (unpaired) electrons. The summed E-state index contributed by atoms with van der Waals surface area (Å²) in [5.74, 6) is 1.75. The number of halogens is 2. The Morgan fingerprint density at radius 3 is 2.53 bits per heavy atom. The van der Waals surface area contributed by atoms with E-state index >= 15 is 0 Å². The summed E-state index contributed by atoms with van der Waals surface area (Å²) in [4.78, 5) is 0.414. The Bertz CT molecular complexity index is 397. The van der Waals surface area contributed by atoms with Gasteiger partial charge in [0.05, 0.1) is 7.11 Å². The first-order valence-corrected chi connectivity index (χ1v) is 7.82. The van der Waals surface area contributed by atoms with E-state index < -0.39 is 0 Å². The highest BCUT2D eigenvalue weighted by Gasteiger charge is 2.26. The first-order valence-electron chi connectivity index (χ1n) is 6.11. The molecule has 2 rings (SSSR count). The van der Waals surface area contributed by atoms with E-state index in [9.17, 15) is 0 Å². The van der Waals surface area contributed by atoms with Crippen LogP contribution >= 0.6 is 31.9 Å². The molecule has 0 heterocycles. The fraction of sp³-hybridized carbons (Fsp3) is 0.571. The molecule has 3 heteroatoms. The maximum Gasteiger partial charge on any atom is 0.123 e. The summed E-state index contributed by atoms with van der Waals surface area (Å²) in [5.41, 5.74) is 2.49. The number of benzene rings is 1. The summed E-state index contributed by atoms with van der Waals surface area (Å²) in [6, 6.07) is 4.31. The van der Waals surface area contributed by atoms with Gasteiger partial charge in [0, 0.05) is 14.9 Å². The summed E-state index contributed by atoms with van der Waals surface area (Å²) in [6.45, 7) is 2.09. The van der Waals surface area contributed by atoms with Crippen molar-refractivity contribution >= 4 is 31.9 Å². The van der Waals surface area contributed by atoms with E-state index in [-0.39, 0.29) is 0 Å². The van der Waals surface area contributed by atoms with Crippen LogP contribution in [-0.4, -0.2) is 7.11 Å². The van der Waals surface area contributed by atoms with Gasteiger partial charge < -0.3 is 4.74 Å². The van der Waals surface area contributed by atoms with Gasteiger partial charge in [-0.25, -0.2) is 0 Å². The highest BCUT2D eigenvalue weighted by atomic mass is 79.9. The van der Waals surface area contributed by atoms with Gasteiger partial charge in [0.15, 0.2) is 0 Å². The topological polar surface area (TPSA) is 9.23 Å². The van der Waals surface area contributed by atoms with E-state index in [2.05, 4.69) is 50.9 Å². The van der Waals surface area contributed by atoms with Gasteiger partial charge in [0.25, 0.3) is 0 Å². The summed E-state index contributed by atoms with van der Waals surface area (Å²) < 4.78 is 6.67. The standard InChI is InChI=1S/C14H18Br2O/c1-9-7-13(17-2)11(8-12(9)15)14(16)10-5-3-4-6-10/h7-8,10,14H,3-6H2,1-2H3. The molecule has 0 spiro atoms. The lowest BCUT2D eigenvalue weighted by Crippen LogP contribution is -2.05. The monoisotopic (exact) mass is 360 g/mol. The molecule has 1 aromatic rings. The molecule has 1 aromatic carbocycles. The highest BCUT2D eigenvalue weighted by Crippen LogP contribution is 2.45. The second kappa shape index (κ2) is 5.75. The van der Waals surface area contributed by atoms with Gasteiger partial charge in [-0.15, -0.1) is 0 Å². The maximum atomic E-state index is 5.51. The minimum Gasteiger partial charge on any atom is -0.496 e. The fourth-order valence-electron chi connectivity index (χ4n) is 2.57. The fourth-order valence-corrected chi connectivity index (χ4v) is 3.81. The van der Waals surface area contributed by atoms with Gasteiger partial charge in [-0.3, -0.25) is 0 Å². The number of aryl methyl sites for hydroxylation is 1. The summed E-state index contributed by atoms with van der Waals surface area (Å²) in [7, 11) is 1.75. The molecule has 0 aromatic heterocycles. The Kier molecular flexibility index (Phi) is 4.53. The van der Waals surface area contributed by atoms with Gasteiger partial charge in [-0.2, -0.15) is 0 Å². The highest BCUT2D eigenvalue weighted by molar-refractivity contribution is 9.10. The molecule has 0 N–H and O–H groups in total. The zero-order valence-corrected chi connectivity index (χ0v) is 13.5. The molecule has 0 amide bonds. The molecule has 94 valence electrons. The predicted octanol–water partition coefficient (Wildman–Crippen LogP) is 5.39. The Morgan fingerprint density at radius 1 is 1.29 bits per heavy atom. The average Bonchev–Trinajstić information content (AvgIpc) is 2.84. The van der Waals surface area contributed by atoms with Crippen LogP contribution in [0, 0.1) is 12.8 Å². The van der Waals surface area contributed by atoms with Gasteiger partial charge in [-0.1, -0.05) is 44.7 Å². The number of hydrogen-bond acceptors (Lipinski definition) is 1. The smallest absolute Gasteiger partial charge is 0.123 e. The molecule has 1 aliphatic rings. The minimum absolute atomic E-state index is 0.414. The van der Waals surface area contributed by atoms with E-state index in [1.54, 1.807) is 7.11 Å². The number of methoxy groups -OCH3 is 1. The summed E-state index contributed by atoms with van der Waals surface area (Å²) >= 11 is 7.47. The summed E-state index contributed by atoms with van der Waals surface area (Å²) in [6.07, 6.45) is 5.37. The third kappa shape index (κ3) is 2.87. The normalized spacial score (nSPS) is 18.4. The molecule has 1 saturated carbocycles. The molecule has 1 atom stereocenters. The van der Waals surface area contributed by atoms with Crippen LogP contribution in [0.3, 0.4) is 0 Å². The SMILES string of the molecule is COc1cc(C)c(Br)cc1C(Br)C1CCCC1. The van der Waals surface area contributed by atoms with Crippen LogP contribution in [0.1, 0.15) is 41.6 Å². The summed E-state index contributed by atoms with van der Waals surface area (Å²) in [5, 5.41) is 0. The average molecular weight is 362 g/mol. The first kappa shape index (κ1) is 13.4. The quantitative estimate of drug-likeness (QED) is 0.655. The van der Waals surface area contributed by atoms with Gasteiger partial charge in [0.2, 0.25) is 0 Å². The van der Waals surface area contributed by atoms with Gasteiger partial charge in [0.1, 0.15) is 5.75 Å². The molecule has 1 unspecified atom stereocenters. The Balaban J connectivity index is 2.32. The van der Waals surface area contributed by atoms with Crippen molar-refractivity contribution in [3.05, 3.63) is 27.7 Å². The Hall–Kier alpha value is -0.0200. The second-order valence-electron chi connectivity index (χ2n) is 4.79. The van der Waals surface area contributed by atoms with Crippen molar-refractivity contribution in [2.45, 2.75) is 37.4 Å². The molecule has 1 aliphatic carbocycles. The molecule has 1 fully saturated rings.